The first-order valence-corrected chi connectivity index (χ1v) is 9.94. The third kappa shape index (κ3) is 2.58. The maximum atomic E-state index is 12.1. The Hall–Kier alpha value is -2.13. The second-order valence-corrected chi connectivity index (χ2v) is 8.03. The third-order valence-electron chi connectivity index (χ3n) is 4.79. The van der Waals surface area contributed by atoms with Crippen LogP contribution in [0.1, 0.15) is 20.3 Å². The smallest absolute Gasteiger partial charge is 0.360 e. The summed E-state index contributed by atoms with van der Waals surface area (Å²) >= 11 is 0. The van der Waals surface area contributed by atoms with Crippen molar-refractivity contribution in [3.05, 3.63) is 48.5 Å². The topological polar surface area (TPSA) is 66.8 Å². The van der Waals surface area contributed by atoms with Gasteiger partial charge in [0.25, 0.3) is 0 Å². The summed E-state index contributed by atoms with van der Waals surface area (Å²) in [6.45, 7) is 3.89. The van der Waals surface area contributed by atoms with Crippen molar-refractivity contribution in [2.24, 2.45) is 0 Å². The molecule has 1 atom stereocenters. The zero-order chi connectivity index (χ0) is 17.8. The molecular weight excluding hydrogens is 335 g/mol. The van der Waals surface area contributed by atoms with Gasteiger partial charge in [-0.25, -0.2) is 0 Å². The number of ether oxygens (including phenoxy) is 1. The highest BCUT2D eigenvalue weighted by Crippen LogP contribution is 2.45. The Morgan fingerprint density at radius 1 is 1.00 bits per heavy atom. The van der Waals surface area contributed by atoms with Crippen LogP contribution in [0.2, 0.25) is 0 Å². The minimum atomic E-state index is -4.47. The fourth-order valence-corrected chi connectivity index (χ4v) is 4.14. The molecule has 0 radical (unpaired) electrons. The van der Waals surface area contributed by atoms with E-state index >= 15 is 0 Å². The summed E-state index contributed by atoms with van der Waals surface area (Å²) in [7, 11) is -4.47. The van der Waals surface area contributed by atoms with Crippen LogP contribution in [0.15, 0.2) is 48.5 Å². The number of hydrogen-bond donors (Lipinski definition) is 2. The first kappa shape index (κ1) is 16.3. The van der Waals surface area contributed by atoms with Crippen molar-refractivity contribution < 1.29 is 19.1 Å². The van der Waals surface area contributed by atoms with Gasteiger partial charge >= 0.3 is 7.60 Å². The third-order valence-corrected chi connectivity index (χ3v) is 5.75. The largest absolute Gasteiger partial charge is 0.489 e. The van der Waals surface area contributed by atoms with Crippen molar-refractivity contribution in [3.8, 4) is 5.75 Å². The van der Waals surface area contributed by atoms with Crippen molar-refractivity contribution in [3.63, 3.8) is 0 Å². The Morgan fingerprint density at radius 3 is 2.28 bits per heavy atom. The van der Waals surface area contributed by atoms with E-state index in [0.717, 1.165) is 38.7 Å². The molecular formula is C20H19O4P. The highest BCUT2D eigenvalue weighted by molar-refractivity contribution is 7.60. The van der Waals surface area contributed by atoms with E-state index in [1.165, 1.54) is 0 Å². The van der Waals surface area contributed by atoms with Crippen LogP contribution in [0.4, 0.5) is 0 Å². The molecule has 4 aromatic carbocycles. The minimum Gasteiger partial charge on any atom is -0.489 e. The molecule has 128 valence electrons. The highest BCUT2D eigenvalue weighted by Gasteiger charge is 2.27. The van der Waals surface area contributed by atoms with E-state index in [0.29, 0.717) is 5.75 Å². The molecule has 0 fully saturated rings. The lowest BCUT2D eigenvalue weighted by Crippen LogP contribution is -2.17. The van der Waals surface area contributed by atoms with Gasteiger partial charge in [0.05, 0.1) is 6.10 Å². The standard InChI is InChI=1S/C20H19O4P/c1-3-12(2)24-20-16-10-9-14-6-4-5-13-7-8-15(19(16)18(13)14)11-17(20)25(21,22)23/h4-12H,3H2,1-2H3,(H2,21,22,23). The average Bonchev–Trinajstić information content (AvgIpc) is 2.59. The van der Waals surface area contributed by atoms with Gasteiger partial charge in [-0.3, -0.25) is 4.57 Å². The molecule has 0 amide bonds. The fraction of sp³-hybridized carbons (Fsp3) is 0.200. The Kier molecular flexibility index (Phi) is 3.73. The van der Waals surface area contributed by atoms with Crippen molar-refractivity contribution in [1.29, 1.82) is 0 Å². The zero-order valence-corrected chi connectivity index (χ0v) is 15.0. The van der Waals surface area contributed by atoms with E-state index in [9.17, 15) is 14.4 Å². The normalized spacial score (nSPS) is 13.8. The van der Waals surface area contributed by atoms with Crippen molar-refractivity contribution in [2.45, 2.75) is 26.4 Å². The molecule has 4 nitrogen and oxygen atoms in total. The Bertz CT molecular complexity index is 1110. The number of hydrogen-bond acceptors (Lipinski definition) is 2. The lowest BCUT2D eigenvalue weighted by molar-refractivity contribution is 0.221. The summed E-state index contributed by atoms with van der Waals surface area (Å²) in [5.41, 5.74) is 0. The summed E-state index contributed by atoms with van der Waals surface area (Å²) < 4.78 is 18.1. The van der Waals surface area contributed by atoms with Gasteiger partial charge in [-0.05, 0) is 47.0 Å². The summed E-state index contributed by atoms with van der Waals surface area (Å²) in [6, 6.07) is 15.5. The van der Waals surface area contributed by atoms with E-state index in [2.05, 4.69) is 0 Å². The summed E-state index contributed by atoms with van der Waals surface area (Å²) in [4.78, 5) is 19.7. The van der Waals surface area contributed by atoms with Crippen LogP contribution in [0.3, 0.4) is 0 Å². The molecule has 1 unspecified atom stereocenters. The summed E-state index contributed by atoms with van der Waals surface area (Å²) in [5, 5.41) is 5.83. The predicted molar refractivity (Wildman–Crippen MR) is 102 cm³/mol. The average molecular weight is 354 g/mol. The molecule has 0 aromatic heterocycles. The molecule has 0 saturated heterocycles. The summed E-state index contributed by atoms with van der Waals surface area (Å²) in [6.07, 6.45) is 0.617. The fourth-order valence-electron chi connectivity index (χ4n) is 3.39. The molecule has 25 heavy (non-hydrogen) atoms. The molecule has 0 aliphatic carbocycles. The molecule has 2 N–H and O–H groups in total. The summed E-state index contributed by atoms with van der Waals surface area (Å²) in [5.74, 6) is 0.299. The van der Waals surface area contributed by atoms with Crippen molar-refractivity contribution in [2.75, 3.05) is 0 Å². The Labute approximate surface area is 145 Å². The maximum Gasteiger partial charge on any atom is 0.360 e. The van der Waals surface area contributed by atoms with Crippen LogP contribution < -0.4 is 10.0 Å². The van der Waals surface area contributed by atoms with Gasteiger partial charge in [-0.2, -0.15) is 0 Å². The molecule has 0 saturated carbocycles. The minimum absolute atomic E-state index is 0.0429. The highest BCUT2D eigenvalue weighted by atomic mass is 31.2. The molecule has 0 spiro atoms. The molecule has 0 heterocycles. The Morgan fingerprint density at radius 2 is 1.64 bits per heavy atom. The lowest BCUT2D eigenvalue weighted by Gasteiger charge is -2.21. The number of rotatable bonds is 4. The number of benzene rings is 4. The molecule has 5 heteroatoms. The van der Waals surface area contributed by atoms with Crippen LogP contribution in [0.25, 0.3) is 32.3 Å². The molecule has 0 aliphatic heterocycles. The molecule has 4 rings (SSSR count). The first-order valence-electron chi connectivity index (χ1n) is 8.33. The molecule has 4 aromatic rings. The Balaban J connectivity index is 2.19. The zero-order valence-electron chi connectivity index (χ0n) is 14.1. The molecule has 0 aliphatic rings. The van der Waals surface area contributed by atoms with E-state index in [4.69, 9.17) is 4.74 Å². The maximum absolute atomic E-state index is 12.1. The van der Waals surface area contributed by atoms with E-state index in [-0.39, 0.29) is 11.4 Å². The monoisotopic (exact) mass is 354 g/mol. The second-order valence-electron chi connectivity index (χ2n) is 6.46. The van der Waals surface area contributed by atoms with Crippen LogP contribution >= 0.6 is 7.60 Å². The van der Waals surface area contributed by atoms with Crippen LogP contribution in [0, 0.1) is 0 Å². The van der Waals surface area contributed by atoms with Gasteiger partial charge in [0.15, 0.2) is 0 Å². The van der Waals surface area contributed by atoms with Gasteiger partial charge in [0.2, 0.25) is 0 Å². The van der Waals surface area contributed by atoms with Crippen LogP contribution in [0.5, 0.6) is 5.75 Å². The molecule has 0 bridgehead atoms. The van der Waals surface area contributed by atoms with Crippen LogP contribution in [-0.2, 0) is 4.57 Å². The van der Waals surface area contributed by atoms with Crippen LogP contribution in [-0.4, -0.2) is 15.9 Å². The van der Waals surface area contributed by atoms with Gasteiger partial charge in [-0.1, -0.05) is 43.3 Å². The van der Waals surface area contributed by atoms with Gasteiger partial charge in [-0.15, -0.1) is 0 Å². The predicted octanol–water partition coefficient (Wildman–Crippen LogP) is 4.56. The SMILES string of the molecule is CCC(C)Oc1c(P(=O)(O)O)cc2ccc3cccc4ccc1c2c34. The van der Waals surface area contributed by atoms with Gasteiger partial charge in [0, 0.05) is 10.8 Å². The van der Waals surface area contributed by atoms with E-state index in [1.54, 1.807) is 6.07 Å². The van der Waals surface area contributed by atoms with Crippen molar-refractivity contribution >= 4 is 45.2 Å². The first-order chi connectivity index (χ1) is 11.9. The van der Waals surface area contributed by atoms with Gasteiger partial charge < -0.3 is 14.5 Å². The quantitative estimate of drug-likeness (QED) is 0.416. The van der Waals surface area contributed by atoms with Crippen molar-refractivity contribution in [1.82, 2.24) is 0 Å². The van der Waals surface area contributed by atoms with E-state index in [1.807, 2.05) is 56.3 Å². The second kappa shape index (κ2) is 5.70. The van der Waals surface area contributed by atoms with Gasteiger partial charge in [0.1, 0.15) is 11.1 Å². The van der Waals surface area contributed by atoms with E-state index < -0.39 is 7.60 Å². The lowest BCUT2D eigenvalue weighted by atomic mass is 9.94.